The highest BCUT2D eigenvalue weighted by atomic mass is 127. The zero-order valence-corrected chi connectivity index (χ0v) is 19.5. The molecule has 0 saturated carbocycles. The SMILES string of the molecule is CCNC(=NCc1ccc(-n2ccnc2)c(F)c1)N(C)CCC1CCOCC1.I. The van der Waals surface area contributed by atoms with Crippen molar-refractivity contribution < 1.29 is 9.13 Å². The van der Waals surface area contributed by atoms with Crippen LogP contribution >= 0.6 is 24.0 Å². The summed E-state index contributed by atoms with van der Waals surface area (Å²) in [5, 5.41) is 3.33. The molecule has 0 radical (unpaired) electrons. The summed E-state index contributed by atoms with van der Waals surface area (Å²) in [7, 11) is 2.06. The first-order chi connectivity index (χ1) is 13.7. The van der Waals surface area contributed by atoms with E-state index in [2.05, 4.69) is 29.2 Å². The Balaban J connectivity index is 0.00000300. The smallest absolute Gasteiger partial charge is 0.193 e. The zero-order chi connectivity index (χ0) is 19.8. The maximum Gasteiger partial charge on any atom is 0.193 e. The van der Waals surface area contributed by atoms with Crippen molar-refractivity contribution in [1.82, 2.24) is 19.8 Å². The lowest BCUT2D eigenvalue weighted by Gasteiger charge is -2.26. The van der Waals surface area contributed by atoms with Gasteiger partial charge in [-0.2, -0.15) is 0 Å². The normalized spacial score (nSPS) is 15.1. The van der Waals surface area contributed by atoms with Crippen LogP contribution in [-0.4, -0.2) is 53.8 Å². The van der Waals surface area contributed by atoms with Gasteiger partial charge in [0.1, 0.15) is 5.82 Å². The van der Waals surface area contributed by atoms with E-state index in [9.17, 15) is 4.39 Å². The molecule has 3 rings (SSSR count). The minimum Gasteiger partial charge on any atom is -0.381 e. The topological polar surface area (TPSA) is 54.7 Å². The first-order valence-electron chi connectivity index (χ1n) is 10.0. The minimum absolute atomic E-state index is 0. The molecular formula is C21H31FIN5O. The Kier molecular flexibility index (Phi) is 9.86. The van der Waals surface area contributed by atoms with E-state index in [0.29, 0.717) is 12.2 Å². The molecule has 29 heavy (non-hydrogen) atoms. The van der Waals surface area contributed by atoms with Crippen LogP contribution in [0, 0.1) is 11.7 Å². The second kappa shape index (κ2) is 12.1. The second-order valence-electron chi connectivity index (χ2n) is 7.19. The minimum atomic E-state index is -0.274. The van der Waals surface area contributed by atoms with Crippen LogP contribution in [0.1, 0.15) is 31.7 Å². The van der Waals surface area contributed by atoms with Crippen LogP contribution in [0.2, 0.25) is 0 Å². The van der Waals surface area contributed by atoms with E-state index in [0.717, 1.165) is 63.0 Å². The first kappa shape index (κ1) is 23.6. The van der Waals surface area contributed by atoms with Gasteiger partial charge < -0.3 is 19.5 Å². The molecule has 0 bridgehead atoms. The van der Waals surface area contributed by atoms with E-state index < -0.39 is 0 Å². The van der Waals surface area contributed by atoms with E-state index in [-0.39, 0.29) is 29.8 Å². The monoisotopic (exact) mass is 515 g/mol. The summed E-state index contributed by atoms with van der Waals surface area (Å²) < 4.78 is 21.5. The van der Waals surface area contributed by atoms with Crippen molar-refractivity contribution in [2.75, 3.05) is 33.4 Å². The number of nitrogens with one attached hydrogen (secondary N) is 1. The Hall–Kier alpha value is -1.68. The summed E-state index contributed by atoms with van der Waals surface area (Å²) in [6.45, 7) is 6.00. The predicted molar refractivity (Wildman–Crippen MR) is 125 cm³/mol. The molecule has 8 heteroatoms. The summed E-state index contributed by atoms with van der Waals surface area (Å²) in [5.41, 5.74) is 1.33. The number of rotatable bonds is 7. The number of benzene rings is 1. The van der Waals surface area contributed by atoms with Crippen LogP contribution in [0.15, 0.2) is 41.9 Å². The van der Waals surface area contributed by atoms with E-state index in [4.69, 9.17) is 9.73 Å². The summed E-state index contributed by atoms with van der Waals surface area (Å²) in [6.07, 6.45) is 8.38. The molecule has 1 aromatic heterocycles. The van der Waals surface area contributed by atoms with Gasteiger partial charge in [-0.25, -0.2) is 14.4 Å². The molecule has 0 spiro atoms. The number of ether oxygens (including phenoxy) is 1. The van der Waals surface area contributed by atoms with Crippen molar-refractivity contribution >= 4 is 29.9 Å². The third kappa shape index (κ3) is 6.95. The number of guanidine groups is 1. The first-order valence-corrected chi connectivity index (χ1v) is 10.0. The highest BCUT2D eigenvalue weighted by Crippen LogP contribution is 2.19. The number of hydrogen-bond acceptors (Lipinski definition) is 3. The summed E-state index contributed by atoms with van der Waals surface area (Å²) in [4.78, 5) is 10.8. The summed E-state index contributed by atoms with van der Waals surface area (Å²) >= 11 is 0. The predicted octanol–water partition coefficient (Wildman–Crippen LogP) is 3.84. The molecule has 1 aliphatic heterocycles. The molecule has 2 heterocycles. The molecule has 1 aromatic carbocycles. The van der Waals surface area contributed by atoms with Gasteiger partial charge in [-0.1, -0.05) is 6.07 Å². The lowest BCUT2D eigenvalue weighted by atomic mass is 9.96. The Morgan fingerprint density at radius 2 is 2.17 bits per heavy atom. The Morgan fingerprint density at radius 3 is 2.83 bits per heavy atom. The third-order valence-electron chi connectivity index (χ3n) is 5.12. The van der Waals surface area contributed by atoms with E-state index in [1.165, 1.54) is 0 Å². The van der Waals surface area contributed by atoms with Gasteiger partial charge in [0.2, 0.25) is 0 Å². The van der Waals surface area contributed by atoms with Crippen molar-refractivity contribution in [2.24, 2.45) is 10.9 Å². The standard InChI is InChI=1S/C21H30FN5O.HI/c1-3-24-21(26(2)10-6-17-7-12-28-13-8-17)25-15-18-4-5-20(19(22)14-18)27-11-9-23-16-27;/h4-5,9,11,14,16-17H,3,6-8,10,12-13,15H2,1-2H3,(H,24,25);1H. The van der Waals surface area contributed by atoms with Gasteiger partial charge in [0.15, 0.2) is 5.96 Å². The fourth-order valence-corrected chi connectivity index (χ4v) is 3.41. The van der Waals surface area contributed by atoms with Crippen molar-refractivity contribution in [1.29, 1.82) is 0 Å². The molecule has 0 atom stereocenters. The van der Waals surface area contributed by atoms with E-state index >= 15 is 0 Å². The van der Waals surface area contributed by atoms with Gasteiger partial charge in [-0.3, -0.25) is 0 Å². The second-order valence-corrected chi connectivity index (χ2v) is 7.19. The van der Waals surface area contributed by atoms with Crippen LogP contribution in [0.4, 0.5) is 4.39 Å². The maximum absolute atomic E-state index is 14.4. The number of nitrogens with zero attached hydrogens (tertiary/aromatic N) is 4. The lowest BCUT2D eigenvalue weighted by Crippen LogP contribution is -2.40. The molecule has 0 unspecified atom stereocenters. The molecular weight excluding hydrogens is 484 g/mol. The molecule has 0 aliphatic carbocycles. The number of aliphatic imine (C=N–C) groups is 1. The average molecular weight is 515 g/mol. The number of halogens is 2. The molecule has 1 saturated heterocycles. The highest BCUT2D eigenvalue weighted by molar-refractivity contribution is 14.0. The molecule has 6 nitrogen and oxygen atoms in total. The van der Waals surface area contributed by atoms with Crippen LogP contribution in [0.25, 0.3) is 5.69 Å². The number of aromatic nitrogens is 2. The van der Waals surface area contributed by atoms with Crippen molar-refractivity contribution in [3.05, 3.63) is 48.3 Å². The van der Waals surface area contributed by atoms with E-state index in [1.54, 1.807) is 35.4 Å². The van der Waals surface area contributed by atoms with Crippen molar-refractivity contribution in [3.8, 4) is 5.69 Å². The molecule has 1 N–H and O–H groups in total. The van der Waals surface area contributed by atoms with Crippen LogP contribution < -0.4 is 5.32 Å². The zero-order valence-electron chi connectivity index (χ0n) is 17.2. The number of hydrogen-bond donors (Lipinski definition) is 1. The number of imidazole rings is 1. The van der Waals surface area contributed by atoms with Crippen molar-refractivity contribution in [2.45, 2.75) is 32.7 Å². The van der Waals surface area contributed by atoms with Gasteiger partial charge in [0.25, 0.3) is 0 Å². The third-order valence-corrected chi connectivity index (χ3v) is 5.12. The summed E-state index contributed by atoms with van der Waals surface area (Å²) in [5.74, 6) is 1.31. The molecule has 1 aliphatic rings. The Morgan fingerprint density at radius 1 is 1.38 bits per heavy atom. The van der Waals surface area contributed by atoms with Crippen LogP contribution in [-0.2, 0) is 11.3 Å². The summed E-state index contributed by atoms with van der Waals surface area (Å²) in [6, 6.07) is 5.22. The Labute approximate surface area is 189 Å². The molecule has 0 amide bonds. The lowest BCUT2D eigenvalue weighted by molar-refractivity contribution is 0.0625. The quantitative estimate of drug-likeness (QED) is 0.346. The molecule has 160 valence electrons. The Bertz CT molecular complexity index is 762. The van der Waals surface area contributed by atoms with Gasteiger partial charge >= 0.3 is 0 Å². The van der Waals surface area contributed by atoms with E-state index in [1.807, 2.05) is 6.07 Å². The fraction of sp³-hybridized carbons (Fsp3) is 0.524. The van der Waals surface area contributed by atoms with Gasteiger partial charge in [-0.05, 0) is 49.8 Å². The van der Waals surface area contributed by atoms with Crippen LogP contribution in [0.3, 0.4) is 0 Å². The maximum atomic E-state index is 14.4. The van der Waals surface area contributed by atoms with Gasteiger partial charge in [0, 0.05) is 45.7 Å². The average Bonchev–Trinajstić information content (AvgIpc) is 3.24. The molecule has 2 aromatic rings. The largest absolute Gasteiger partial charge is 0.381 e. The van der Waals surface area contributed by atoms with Crippen LogP contribution in [0.5, 0.6) is 0 Å². The fourth-order valence-electron chi connectivity index (χ4n) is 3.41. The van der Waals surface area contributed by atoms with Gasteiger partial charge in [-0.15, -0.1) is 24.0 Å². The highest BCUT2D eigenvalue weighted by Gasteiger charge is 2.15. The molecule has 1 fully saturated rings. The van der Waals surface area contributed by atoms with Gasteiger partial charge in [0.05, 0.1) is 18.6 Å². The van der Waals surface area contributed by atoms with Crippen molar-refractivity contribution in [3.63, 3.8) is 0 Å².